The molecule has 65 heavy (non-hydrogen) atoms. The molecule has 0 N–H and O–H groups in total. The van der Waals surface area contributed by atoms with Gasteiger partial charge >= 0.3 is 0 Å². The van der Waals surface area contributed by atoms with Crippen molar-refractivity contribution < 1.29 is 0 Å². The fourth-order valence-electron chi connectivity index (χ4n) is 11.4. The van der Waals surface area contributed by atoms with Crippen LogP contribution in [0.5, 0.6) is 0 Å². The predicted molar refractivity (Wildman–Crippen MR) is 273 cm³/mol. The highest BCUT2D eigenvalue weighted by Crippen LogP contribution is 2.47. The standard InChI is InChI=1S/C61H40N4/c1-4-20-40(21-5-1)62-54-34-18-13-28-48(54)58-56(62)38-36-46-44-26-11-16-32-52(44)64(60(46)58)50-30-9-3-8-24-42(50)43-25-10-15-31-51(43)65-53-33-17-12-27-45(53)47-37-39-57-59(61(47)65)49-29-14-19-35-55(49)63(57)41-22-6-2-7-23-41/h1-2,4-7,9-16,18-23,25-32,34-39H,17,24,33H2. The zero-order valence-corrected chi connectivity index (χ0v) is 35.5. The lowest BCUT2D eigenvalue weighted by Crippen LogP contribution is -2.07. The zero-order valence-electron chi connectivity index (χ0n) is 35.5. The quantitative estimate of drug-likeness (QED) is 0.154. The van der Waals surface area contributed by atoms with E-state index in [9.17, 15) is 0 Å². The Hall–Kier alpha value is -8.52. The molecule has 14 rings (SSSR count). The average molecular weight is 829 g/mol. The van der Waals surface area contributed by atoms with Gasteiger partial charge in [0.15, 0.2) is 0 Å². The van der Waals surface area contributed by atoms with Crippen molar-refractivity contribution in [3.8, 4) is 28.9 Å². The Morgan fingerprint density at radius 1 is 0.415 bits per heavy atom. The Kier molecular flexibility index (Phi) is 7.75. The molecule has 2 aliphatic carbocycles. The molecular formula is C61H40N4. The monoisotopic (exact) mass is 828 g/mol. The number of hydrogen-bond acceptors (Lipinski definition) is 0. The van der Waals surface area contributed by atoms with Crippen molar-refractivity contribution in [3.63, 3.8) is 0 Å². The number of fused-ring (bicyclic) bond motifs is 14. The minimum absolute atomic E-state index is 0.596. The minimum Gasteiger partial charge on any atom is -0.312 e. The normalized spacial score (nSPS) is 13.8. The van der Waals surface area contributed by atoms with Crippen molar-refractivity contribution in [1.29, 1.82) is 0 Å². The highest BCUT2D eigenvalue weighted by Gasteiger charge is 2.28. The van der Waals surface area contributed by atoms with Gasteiger partial charge in [-0.25, -0.2) is 0 Å². The summed E-state index contributed by atoms with van der Waals surface area (Å²) in [5.41, 5.74) is 18.1. The molecule has 4 heterocycles. The van der Waals surface area contributed by atoms with E-state index in [0.29, 0.717) is 6.42 Å². The summed E-state index contributed by atoms with van der Waals surface area (Å²) in [4.78, 5) is 0. The number of aromatic nitrogens is 4. The summed E-state index contributed by atoms with van der Waals surface area (Å²) in [6.07, 6.45) is 11.6. The molecule has 0 amide bonds. The molecule has 0 saturated heterocycles. The number of benzene rings is 8. The topological polar surface area (TPSA) is 19.7 Å². The van der Waals surface area contributed by atoms with Crippen LogP contribution in [-0.4, -0.2) is 18.3 Å². The van der Waals surface area contributed by atoms with Gasteiger partial charge in [-0.15, -0.1) is 0 Å². The number of rotatable bonds is 5. The van der Waals surface area contributed by atoms with Crippen molar-refractivity contribution >= 4 is 93.7 Å². The van der Waals surface area contributed by atoms with Gasteiger partial charge in [-0.3, -0.25) is 0 Å². The molecule has 304 valence electrons. The Labute approximate surface area is 375 Å². The van der Waals surface area contributed by atoms with Gasteiger partial charge in [-0.2, -0.15) is 0 Å². The van der Waals surface area contributed by atoms with E-state index in [2.05, 4.69) is 236 Å². The predicted octanol–water partition coefficient (Wildman–Crippen LogP) is 15.2. The molecule has 0 radical (unpaired) electrons. The maximum absolute atomic E-state index is 3.59. The third kappa shape index (κ3) is 5.09. The van der Waals surface area contributed by atoms with E-state index < -0.39 is 0 Å². The number of allylic oxidation sites excluding steroid dienone is 5. The molecule has 8 aromatic carbocycles. The molecular weight excluding hydrogens is 789 g/mol. The van der Waals surface area contributed by atoms with Crippen LogP contribution in [0.25, 0.3) is 111 Å². The summed E-state index contributed by atoms with van der Waals surface area (Å²) in [7, 11) is 0. The third-order valence-electron chi connectivity index (χ3n) is 13.9. The lowest BCUT2D eigenvalue weighted by atomic mass is 9.97. The van der Waals surface area contributed by atoms with Gasteiger partial charge in [-0.05, 0) is 91.2 Å². The molecule has 12 aromatic rings. The molecule has 0 atom stereocenters. The van der Waals surface area contributed by atoms with Crippen LogP contribution >= 0.6 is 0 Å². The Balaban J connectivity index is 1.11. The summed E-state index contributed by atoms with van der Waals surface area (Å²) in [6, 6.07) is 66.7. The van der Waals surface area contributed by atoms with Crippen molar-refractivity contribution in [2.75, 3.05) is 0 Å². The van der Waals surface area contributed by atoms with Gasteiger partial charge in [0.1, 0.15) is 0 Å². The van der Waals surface area contributed by atoms with Gasteiger partial charge < -0.3 is 18.3 Å². The van der Waals surface area contributed by atoms with Crippen LogP contribution in [0.15, 0.2) is 200 Å². The van der Waals surface area contributed by atoms with Gasteiger partial charge in [0, 0.05) is 72.3 Å². The molecule has 0 aliphatic heterocycles. The van der Waals surface area contributed by atoms with Crippen LogP contribution in [0.4, 0.5) is 0 Å². The molecule has 0 saturated carbocycles. The lowest BCUT2D eigenvalue weighted by molar-refractivity contribution is 0.888. The first kappa shape index (κ1) is 36.0. The summed E-state index contributed by atoms with van der Waals surface area (Å²) in [6.45, 7) is 0. The fraction of sp³-hybridized carbons (Fsp3) is 0.0492. The van der Waals surface area contributed by atoms with E-state index in [1.807, 2.05) is 0 Å². The van der Waals surface area contributed by atoms with Crippen molar-refractivity contribution in [2.45, 2.75) is 19.3 Å². The van der Waals surface area contributed by atoms with E-state index in [4.69, 9.17) is 0 Å². The minimum atomic E-state index is 0.596. The van der Waals surface area contributed by atoms with Crippen LogP contribution in [0, 0.1) is 11.8 Å². The molecule has 0 spiro atoms. The highest BCUT2D eigenvalue weighted by atomic mass is 15.0. The Morgan fingerprint density at radius 3 is 1.65 bits per heavy atom. The second kappa shape index (κ2) is 14.0. The largest absolute Gasteiger partial charge is 0.312 e. The molecule has 0 fully saturated rings. The van der Waals surface area contributed by atoms with Crippen LogP contribution in [0.1, 0.15) is 29.7 Å². The van der Waals surface area contributed by atoms with Gasteiger partial charge in [-0.1, -0.05) is 145 Å². The Morgan fingerprint density at radius 2 is 0.969 bits per heavy atom. The number of nitrogens with zero attached hydrogens (tertiary/aromatic N) is 4. The van der Waals surface area contributed by atoms with E-state index in [1.54, 1.807) is 0 Å². The fourth-order valence-corrected chi connectivity index (χ4v) is 11.4. The molecule has 0 unspecified atom stereocenters. The van der Waals surface area contributed by atoms with Crippen LogP contribution in [0.3, 0.4) is 0 Å². The van der Waals surface area contributed by atoms with Crippen molar-refractivity contribution in [1.82, 2.24) is 18.3 Å². The summed E-state index contributed by atoms with van der Waals surface area (Å²) >= 11 is 0. The molecule has 4 heteroatoms. The molecule has 4 aromatic heterocycles. The van der Waals surface area contributed by atoms with E-state index in [0.717, 1.165) is 29.9 Å². The number of hydrogen-bond donors (Lipinski definition) is 0. The van der Waals surface area contributed by atoms with Crippen LogP contribution in [-0.2, 0) is 6.42 Å². The maximum atomic E-state index is 3.59. The molecule has 4 nitrogen and oxygen atoms in total. The van der Waals surface area contributed by atoms with E-state index >= 15 is 0 Å². The molecule has 2 aliphatic rings. The second-order valence-corrected chi connectivity index (χ2v) is 17.3. The van der Waals surface area contributed by atoms with Crippen molar-refractivity contribution in [2.24, 2.45) is 0 Å². The highest BCUT2D eigenvalue weighted by molar-refractivity contribution is 6.27. The van der Waals surface area contributed by atoms with Crippen molar-refractivity contribution in [3.05, 3.63) is 217 Å². The van der Waals surface area contributed by atoms with Gasteiger partial charge in [0.25, 0.3) is 0 Å². The first-order valence-electron chi connectivity index (χ1n) is 22.6. The van der Waals surface area contributed by atoms with E-state index in [1.165, 1.54) is 104 Å². The van der Waals surface area contributed by atoms with Gasteiger partial charge in [0.2, 0.25) is 0 Å². The average Bonchev–Trinajstić information content (AvgIpc) is 4.04. The third-order valence-corrected chi connectivity index (χ3v) is 13.9. The summed E-state index contributed by atoms with van der Waals surface area (Å²) < 4.78 is 10.0. The van der Waals surface area contributed by atoms with Gasteiger partial charge in [0.05, 0.1) is 50.0 Å². The first-order chi connectivity index (χ1) is 32.3. The number of para-hydroxylation sites is 6. The van der Waals surface area contributed by atoms with E-state index in [-0.39, 0.29) is 0 Å². The summed E-state index contributed by atoms with van der Waals surface area (Å²) in [5, 5.41) is 8.74. The van der Waals surface area contributed by atoms with Crippen LogP contribution < -0.4 is 0 Å². The second-order valence-electron chi connectivity index (χ2n) is 17.3. The zero-order chi connectivity index (χ0) is 42.6. The Bertz CT molecular complexity index is 4130. The van der Waals surface area contributed by atoms with Crippen LogP contribution in [0.2, 0.25) is 0 Å². The SMILES string of the molecule is C1#CCC(c2ccccc2-n2c3c(c4ccc5c(c6ccccc6n5-c5ccccc5)c42)C=CCC3)=C(n2c3ccccc3c3ccc4c(c5ccccc5n4-c4ccccc4)c32)C=C1. The lowest BCUT2D eigenvalue weighted by Gasteiger charge is -2.21. The smallest absolute Gasteiger partial charge is 0.0641 e. The summed E-state index contributed by atoms with van der Waals surface area (Å²) in [5.74, 6) is 7.00. The first-order valence-corrected chi connectivity index (χ1v) is 22.6. The maximum Gasteiger partial charge on any atom is 0.0641 e. The molecule has 0 bridgehead atoms.